The SMILES string of the molecule is CCCCCS(=O)(=O)CC(=O)N1CCCC(CNC(=O)Nc2cccc(F)c2)C1. The van der Waals surface area contributed by atoms with Crippen molar-refractivity contribution in [3.8, 4) is 0 Å². The Morgan fingerprint density at radius 1 is 1.28 bits per heavy atom. The largest absolute Gasteiger partial charge is 0.341 e. The first-order valence-electron chi connectivity index (χ1n) is 10.1. The average molecular weight is 428 g/mol. The molecule has 1 aromatic carbocycles. The van der Waals surface area contributed by atoms with Gasteiger partial charge in [-0.2, -0.15) is 0 Å². The molecule has 0 radical (unpaired) electrons. The number of nitrogens with zero attached hydrogens (tertiary/aromatic N) is 1. The number of benzene rings is 1. The zero-order valence-electron chi connectivity index (χ0n) is 16.8. The fourth-order valence-corrected chi connectivity index (χ4v) is 4.71. The van der Waals surface area contributed by atoms with Gasteiger partial charge in [-0.3, -0.25) is 4.79 Å². The smallest absolute Gasteiger partial charge is 0.319 e. The van der Waals surface area contributed by atoms with Crippen LogP contribution in [0.5, 0.6) is 0 Å². The summed E-state index contributed by atoms with van der Waals surface area (Å²) in [6.07, 6.45) is 3.95. The van der Waals surface area contributed by atoms with E-state index in [2.05, 4.69) is 10.6 Å². The van der Waals surface area contributed by atoms with Crippen molar-refractivity contribution in [1.82, 2.24) is 10.2 Å². The molecule has 1 aliphatic rings. The standard InChI is InChI=1S/C20H30FN3O4S/c1-2-3-4-11-29(27,28)15-19(25)24-10-6-7-16(14-24)13-22-20(26)23-18-9-5-8-17(21)12-18/h5,8-9,12,16H,2-4,6-7,10-11,13-15H2,1H3,(H2,22,23,26). The summed E-state index contributed by atoms with van der Waals surface area (Å²) in [4.78, 5) is 26.0. The van der Waals surface area contributed by atoms with Gasteiger partial charge in [0.1, 0.15) is 11.6 Å². The van der Waals surface area contributed by atoms with Crippen molar-refractivity contribution < 1.29 is 22.4 Å². The van der Waals surface area contributed by atoms with E-state index >= 15 is 0 Å². The Kier molecular flexibility index (Phi) is 8.88. The first-order chi connectivity index (χ1) is 13.8. The molecular formula is C20H30FN3O4S. The van der Waals surface area contributed by atoms with Crippen LogP contribution in [0.2, 0.25) is 0 Å². The molecule has 0 spiro atoms. The summed E-state index contributed by atoms with van der Waals surface area (Å²) >= 11 is 0. The van der Waals surface area contributed by atoms with Crippen molar-refractivity contribution >= 4 is 27.5 Å². The van der Waals surface area contributed by atoms with E-state index < -0.39 is 27.4 Å². The van der Waals surface area contributed by atoms with Crippen molar-refractivity contribution in [2.75, 3.05) is 36.5 Å². The molecule has 0 saturated carbocycles. The molecule has 1 fully saturated rings. The molecule has 1 atom stereocenters. The summed E-state index contributed by atoms with van der Waals surface area (Å²) in [5.74, 6) is -1.15. The maximum atomic E-state index is 13.2. The van der Waals surface area contributed by atoms with Gasteiger partial charge >= 0.3 is 6.03 Å². The van der Waals surface area contributed by atoms with Crippen molar-refractivity contribution in [2.24, 2.45) is 5.92 Å². The molecule has 0 bridgehead atoms. The quantitative estimate of drug-likeness (QED) is 0.593. The fourth-order valence-electron chi connectivity index (χ4n) is 3.36. The number of likely N-dealkylation sites (tertiary alicyclic amines) is 1. The van der Waals surface area contributed by atoms with Crippen molar-refractivity contribution in [2.45, 2.75) is 39.0 Å². The van der Waals surface area contributed by atoms with Crippen LogP contribution in [-0.4, -0.2) is 56.4 Å². The molecular weight excluding hydrogens is 397 g/mol. The van der Waals surface area contributed by atoms with Gasteiger partial charge in [0.2, 0.25) is 5.91 Å². The summed E-state index contributed by atoms with van der Waals surface area (Å²) in [5, 5.41) is 5.30. The minimum atomic E-state index is -3.39. The lowest BCUT2D eigenvalue weighted by Crippen LogP contribution is -2.46. The molecule has 0 aliphatic carbocycles. The minimum Gasteiger partial charge on any atom is -0.341 e. The van der Waals surface area contributed by atoms with Crippen LogP contribution in [-0.2, 0) is 14.6 Å². The molecule has 1 saturated heterocycles. The number of halogens is 1. The minimum absolute atomic E-state index is 0.0473. The van der Waals surface area contributed by atoms with E-state index in [4.69, 9.17) is 0 Å². The number of carbonyl (C=O) groups is 2. The monoisotopic (exact) mass is 427 g/mol. The number of urea groups is 1. The van der Waals surface area contributed by atoms with Crippen LogP contribution in [0, 0.1) is 11.7 Å². The number of hydrogen-bond donors (Lipinski definition) is 2. The van der Waals surface area contributed by atoms with Crippen molar-refractivity contribution in [1.29, 1.82) is 0 Å². The van der Waals surface area contributed by atoms with Gasteiger partial charge in [-0.25, -0.2) is 17.6 Å². The highest BCUT2D eigenvalue weighted by atomic mass is 32.2. The summed E-state index contributed by atoms with van der Waals surface area (Å²) in [6.45, 7) is 3.31. The van der Waals surface area contributed by atoms with E-state index in [9.17, 15) is 22.4 Å². The number of sulfone groups is 1. The molecule has 2 rings (SSSR count). The molecule has 1 aliphatic heterocycles. The normalized spacial score (nSPS) is 17.0. The van der Waals surface area contributed by atoms with Gasteiger partial charge in [0.05, 0.1) is 5.75 Å². The van der Waals surface area contributed by atoms with Crippen LogP contribution in [0.1, 0.15) is 39.0 Å². The molecule has 1 unspecified atom stereocenters. The van der Waals surface area contributed by atoms with E-state index in [0.29, 0.717) is 31.7 Å². The third kappa shape index (κ3) is 8.39. The zero-order chi connectivity index (χ0) is 21.3. The first-order valence-corrected chi connectivity index (χ1v) is 11.9. The van der Waals surface area contributed by atoms with E-state index in [0.717, 1.165) is 25.7 Å². The predicted octanol–water partition coefficient (Wildman–Crippen LogP) is 2.79. The van der Waals surface area contributed by atoms with Crippen LogP contribution in [0.15, 0.2) is 24.3 Å². The van der Waals surface area contributed by atoms with Crippen LogP contribution in [0.25, 0.3) is 0 Å². The molecule has 162 valence electrons. The van der Waals surface area contributed by atoms with Crippen LogP contribution in [0.4, 0.5) is 14.9 Å². The number of unbranched alkanes of at least 4 members (excludes halogenated alkanes) is 2. The Morgan fingerprint density at radius 2 is 2.07 bits per heavy atom. The zero-order valence-corrected chi connectivity index (χ0v) is 17.6. The van der Waals surface area contributed by atoms with E-state index in [1.165, 1.54) is 18.2 Å². The summed E-state index contributed by atoms with van der Waals surface area (Å²) in [6, 6.07) is 5.16. The Balaban J connectivity index is 1.77. The third-order valence-electron chi connectivity index (χ3n) is 4.91. The van der Waals surface area contributed by atoms with E-state index in [1.807, 2.05) is 6.92 Å². The second-order valence-electron chi connectivity index (χ2n) is 7.49. The van der Waals surface area contributed by atoms with Gasteiger partial charge in [-0.15, -0.1) is 0 Å². The van der Waals surface area contributed by atoms with Gasteiger partial charge < -0.3 is 15.5 Å². The Labute approximate surface area is 172 Å². The van der Waals surface area contributed by atoms with E-state index in [-0.39, 0.29) is 17.6 Å². The van der Waals surface area contributed by atoms with Gasteiger partial charge in [0.25, 0.3) is 0 Å². The number of piperidine rings is 1. The summed E-state index contributed by atoms with van der Waals surface area (Å²) in [5.41, 5.74) is 0.358. The lowest BCUT2D eigenvalue weighted by atomic mass is 9.98. The second kappa shape index (κ2) is 11.1. The summed E-state index contributed by atoms with van der Waals surface area (Å²) in [7, 11) is -3.39. The number of rotatable bonds is 9. The molecule has 9 heteroatoms. The average Bonchev–Trinajstić information content (AvgIpc) is 2.66. The number of hydrogen-bond acceptors (Lipinski definition) is 4. The summed E-state index contributed by atoms with van der Waals surface area (Å²) < 4.78 is 37.4. The third-order valence-corrected chi connectivity index (χ3v) is 6.51. The van der Waals surface area contributed by atoms with Crippen molar-refractivity contribution in [3.05, 3.63) is 30.1 Å². The highest BCUT2D eigenvalue weighted by Gasteiger charge is 2.27. The maximum Gasteiger partial charge on any atom is 0.319 e. The highest BCUT2D eigenvalue weighted by molar-refractivity contribution is 7.92. The molecule has 0 aromatic heterocycles. The lowest BCUT2D eigenvalue weighted by Gasteiger charge is -2.32. The van der Waals surface area contributed by atoms with E-state index in [1.54, 1.807) is 11.0 Å². The second-order valence-corrected chi connectivity index (χ2v) is 9.68. The van der Waals surface area contributed by atoms with Crippen LogP contribution in [0.3, 0.4) is 0 Å². The van der Waals surface area contributed by atoms with Crippen LogP contribution >= 0.6 is 0 Å². The number of nitrogens with one attached hydrogen (secondary N) is 2. The topological polar surface area (TPSA) is 95.6 Å². The molecule has 7 nitrogen and oxygen atoms in total. The number of amides is 3. The Morgan fingerprint density at radius 3 is 2.79 bits per heavy atom. The molecule has 1 heterocycles. The molecule has 29 heavy (non-hydrogen) atoms. The predicted molar refractivity (Wildman–Crippen MR) is 111 cm³/mol. The van der Waals surface area contributed by atoms with Gasteiger partial charge in [0.15, 0.2) is 9.84 Å². The van der Waals surface area contributed by atoms with Gasteiger partial charge in [-0.1, -0.05) is 25.8 Å². The fraction of sp³-hybridized carbons (Fsp3) is 0.600. The molecule has 3 amide bonds. The van der Waals surface area contributed by atoms with Crippen LogP contribution < -0.4 is 10.6 Å². The van der Waals surface area contributed by atoms with Gasteiger partial charge in [-0.05, 0) is 43.4 Å². The van der Waals surface area contributed by atoms with Gasteiger partial charge in [0, 0.05) is 25.3 Å². The lowest BCUT2D eigenvalue weighted by molar-refractivity contribution is -0.130. The van der Waals surface area contributed by atoms with Crippen molar-refractivity contribution in [3.63, 3.8) is 0 Å². The highest BCUT2D eigenvalue weighted by Crippen LogP contribution is 2.17. The first kappa shape index (κ1) is 23.1. The molecule has 1 aromatic rings. The number of anilines is 1. The molecule has 2 N–H and O–H groups in total. The maximum absolute atomic E-state index is 13.2. The Hall–Kier alpha value is -2.16. The Bertz CT molecular complexity index is 801. The number of carbonyl (C=O) groups excluding carboxylic acids is 2.